The molecule has 3 N–H and O–H groups in total. The summed E-state index contributed by atoms with van der Waals surface area (Å²) in [5.41, 5.74) is 5.32. The molecule has 2 aliphatic rings. The van der Waals surface area contributed by atoms with Gasteiger partial charge in [-0.05, 0) is 90.1 Å². The molecule has 38 heavy (non-hydrogen) atoms. The Balaban J connectivity index is 1.17. The number of nitrogens with one attached hydrogen (secondary N) is 2. The van der Waals surface area contributed by atoms with Gasteiger partial charge in [-0.15, -0.1) is 0 Å². The summed E-state index contributed by atoms with van der Waals surface area (Å²) in [5, 5.41) is 14.4. The molecule has 2 amide bonds. The summed E-state index contributed by atoms with van der Waals surface area (Å²) >= 11 is 0. The standard InChI is InChI=1S/C32H34N2O4/c35-19-18-33-32(37)30(21-23-3-7-25(8-4-23)27-11-12-27)34-31(36)28-13-15-29(16-14-28)38-20-17-22-1-5-24(6-2-22)26-9-10-26/h1-8,13-16,21,26-27,35H,9-12,17-20H2,(H,33,37)(H,34,36)/b30-21+. The van der Waals surface area contributed by atoms with Gasteiger partial charge >= 0.3 is 0 Å². The first-order valence-electron chi connectivity index (χ1n) is 13.4. The maximum Gasteiger partial charge on any atom is 0.267 e. The van der Waals surface area contributed by atoms with Crippen molar-refractivity contribution in [1.82, 2.24) is 10.6 Å². The summed E-state index contributed by atoms with van der Waals surface area (Å²) in [5.74, 6) is 1.24. The van der Waals surface area contributed by atoms with Gasteiger partial charge in [0, 0.05) is 18.5 Å². The molecule has 0 aliphatic heterocycles. The molecule has 0 heterocycles. The lowest BCUT2D eigenvalue weighted by atomic mass is 10.1. The summed E-state index contributed by atoms with van der Waals surface area (Å²) in [7, 11) is 0. The van der Waals surface area contributed by atoms with Crippen molar-refractivity contribution in [3.05, 3.63) is 106 Å². The minimum Gasteiger partial charge on any atom is -0.493 e. The number of benzene rings is 3. The van der Waals surface area contributed by atoms with E-state index < -0.39 is 11.8 Å². The van der Waals surface area contributed by atoms with Crippen molar-refractivity contribution in [2.24, 2.45) is 0 Å². The zero-order valence-corrected chi connectivity index (χ0v) is 21.5. The van der Waals surface area contributed by atoms with Gasteiger partial charge in [0.1, 0.15) is 11.4 Å². The molecule has 6 heteroatoms. The molecule has 6 nitrogen and oxygen atoms in total. The number of aliphatic hydroxyl groups is 1. The van der Waals surface area contributed by atoms with E-state index in [-0.39, 0.29) is 18.8 Å². The average Bonchev–Trinajstić information content (AvgIpc) is 3.86. The van der Waals surface area contributed by atoms with Crippen molar-refractivity contribution >= 4 is 17.9 Å². The normalized spacial score (nSPS) is 15.1. The zero-order chi connectivity index (χ0) is 26.3. The van der Waals surface area contributed by atoms with Gasteiger partial charge < -0.3 is 20.5 Å². The van der Waals surface area contributed by atoms with E-state index in [0.717, 1.165) is 17.9 Å². The molecule has 3 aromatic carbocycles. The fourth-order valence-electron chi connectivity index (χ4n) is 4.43. The van der Waals surface area contributed by atoms with Gasteiger partial charge in [0.2, 0.25) is 0 Å². The predicted molar refractivity (Wildman–Crippen MR) is 148 cm³/mol. The Labute approximate surface area is 223 Å². The maximum absolute atomic E-state index is 12.9. The molecular weight excluding hydrogens is 476 g/mol. The van der Waals surface area contributed by atoms with Crippen molar-refractivity contribution < 1.29 is 19.4 Å². The number of hydrogen-bond acceptors (Lipinski definition) is 4. The lowest BCUT2D eigenvalue weighted by molar-refractivity contribution is -0.117. The van der Waals surface area contributed by atoms with E-state index in [1.807, 2.05) is 12.1 Å². The quantitative estimate of drug-likeness (QED) is 0.301. The van der Waals surface area contributed by atoms with Gasteiger partial charge in [-0.1, -0.05) is 48.5 Å². The van der Waals surface area contributed by atoms with E-state index in [2.05, 4.69) is 47.0 Å². The number of carbonyl (C=O) groups excluding carboxylic acids is 2. The molecule has 0 unspecified atom stereocenters. The molecule has 0 atom stereocenters. The lowest BCUT2D eigenvalue weighted by Crippen LogP contribution is -2.36. The molecular formula is C32H34N2O4. The van der Waals surface area contributed by atoms with Crippen molar-refractivity contribution in [3.63, 3.8) is 0 Å². The maximum atomic E-state index is 12.9. The van der Waals surface area contributed by atoms with E-state index in [1.165, 1.54) is 42.4 Å². The number of aliphatic hydroxyl groups excluding tert-OH is 1. The Morgan fingerprint density at radius 2 is 1.45 bits per heavy atom. The molecule has 0 saturated heterocycles. The highest BCUT2D eigenvalue weighted by Crippen LogP contribution is 2.40. The number of rotatable bonds is 12. The SMILES string of the molecule is O=C(NCCO)/C(=C\c1ccc(C2CC2)cc1)NC(=O)c1ccc(OCCc2ccc(C3CC3)cc2)cc1. The fourth-order valence-corrected chi connectivity index (χ4v) is 4.43. The summed E-state index contributed by atoms with van der Waals surface area (Å²) < 4.78 is 5.88. The predicted octanol–water partition coefficient (Wildman–Crippen LogP) is 4.94. The van der Waals surface area contributed by atoms with Gasteiger partial charge in [0.15, 0.2) is 0 Å². The molecule has 2 saturated carbocycles. The lowest BCUT2D eigenvalue weighted by Gasteiger charge is -2.12. The van der Waals surface area contributed by atoms with Crippen LogP contribution in [0.5, 0.6) is 5.75 Å². The zero-order valence-electron chi connectivity index (χ0n) is 21.5. The number of hydrogen-bond donors (Lipinski definition) is 3. The first-order valence-corrected chi connectivity index (χ1v) is 13.4. The molecule has 3 aromatic rings. The summed E-state index contributed by atoms with van der Waals surface area (Å²) in [6, 6.07) is 23.7. The van der Waals surface area contributed by atoms with Crippen LogP contribution in [0.1, 0.15) is 70.1 Å². The van der Waals surface area contributed by atoms with Crippen LogP contribution in [0.15, 0.2) is 78.5 Å². The molecule has 5 rings (SSSR count). The molecule has 0 bridgehead atoms. The van der Waals surface area contributed by atoms with Gasteiger partial charge in [-0.25, -0.2) is 0 Å². The molecule has 2 fully saturated rings. The fraction of sp³-hybridized carbons (Fsp3) is 0.312. The Morgan fingerprint density at radius 3 is 2.03 bits per heavy atom. The van der Waals surface area contributed by atoms with E-state index in [0.29, 0.717) is 23.8 Å². The minimum absolute atomic E-state index is 0.101. The summed E-state index contributed by atoms with van der Waals surface area (Å²) in [6.45, 7) is 0.464. The molecule has 2 aliphatic carbocycles. The van der Waals surface area contributed by atoms with Crippen LogP contribution >= 0.6 is 0 Å². The topological polar surface area (TPSA) is 87.7 Å². The van der Waals surface area contributed by atoms with Crippen LogP contribution in [0.2, 0.25) is 0 Å². The number of ether oxygens (including phenoxy) is 1. The van der Waals surface area contributed by atoms with E-state index in [1.54, 1.807) is 30.3 Å². The highest BCUT2D eigenvalue weighted by molar-refractivity contribution is 6.05. The van der Waals surface area contributed by atoms with Crippen molar-refractivity contribution in [1.29, 1.82) is 0 Å². The van der Waals surface area contributed by atoms with Gasteiger partial charge in [0.05, 0.1) is 13.2 Å². The van der Waals surface area contributed by atoms with Gasteiger partial charge in [-0.2, -0.15) is 0 Å². The highest BCUT2D eigenvalue weighted by atomic mass is 16.5. The monoisotopic (exact) mass is 510 g/mol. The van der Waals surface area contributed by atoms with Crippen LogP contribution in [-0.4, -0.2) is 36.7 Å². The van der Waals surface area contributed by atoms with Gasteiger partial charge in [0.25, 0.3) is 11.8 Å². The third-order valence-electron chi connectivity index (χ3n) is 6.99. The average molecular weight is 511 g/mol. The largest absolute Gasteiger partial charge is 0.493 e. The van der Waals surface area contributed by atoms with E-state index in [9.17, 15) is 9.59 Å². The summed E-state index contributed by atoms with van der Waals surface area (Å²) in [4.78, 5) is 25.6. The number of amides is 2. The Kier molecular flexibility index (Phi) is 8.19. The first kappa shape index (κ1) is 25.7. The molecule has 0 aromatic heterocycles. The second-order valence-electron chi connectivity index (χ2n) is 10.1. The number of carbonyl (C=O) groups is 2. The first-order chi connectivity index (χ1) is 18.6. The summed E-state index contributed by atoms with van der Waals surface area (Å²) in [6.07, 6.45) is 7.51. The van der Waals surface area contributed by atoms with E-state index in [4.69, 9.17) is 9.84 Å². The van der Waals surface area contributed by atoms with Crippen LogP contribution in [0.3, 0.4) is 0 Å². The Morgan fingerprint density at radius 1 is 0.842 bits per heavy atom. The van der Waals surface area contributed by atoms with Crippen molar-refractivity contribution in [2.45, 2.75) is 43.9 Å². The van der Waals surface area contributed by atoms with Crippen LogP contribution in [0, 0.1) is 0 Å². The molecule has 196 valence electrons. The van der Waals surface area contributed by atoms with E-state index >= 15 is 0 Å². The second kappa shape index (κ2) is 12.1. The molecule has 0 radical (unpaired) electrons. The molecule has 0 spiro atoms. The minimum atomic E-state index is -0.455. The van der Waals surface area contributed by atoms with Crippen LogP contribution in [0.25, 0.3) is 6.08 Å². The second-order valence-corrected chi connectivity index (χ2v) is 10.1. The van der Waals surface area contributed by atoms with Crippen molar-refractivity contribution in [3.8, 4) is 5.75 Å². The van der Waals surface area contributed by atoms with Crippen molar-refractivity contribution in [2.75, 3.05) is 19.8 Å². The van der Waals surface area contributed by atoms with Crippen LogP contribution in [0.4, 0.5) is 0 Å². The Hall–Kier alpha value is -3.90. The highest BCUT2D eigenvalue weighted by Gasteiger charge is 2.23. The van der Waals surface area contributed by atoms with Crippen LogP contribution in [-0.2, 0) is 11.2 Å². The third-order valence-corrected chi connectivity index (χ3v) is 6.99. The smallest absolute Gasteiger partial charge is 0.267 e. The Bertz CT molecular complexity index is 1270. The van der Waals surface area contributed by atoms with Gasteiger partial charge in [-0.3, -0.25) is 9.59 Å². The third kappa shape index (κ3) is 7.11. The van der Waals surface area contributed by atoms with Crippen LogP contribution < -0.4 is 15.4 Å².